The predicted octanol–water partition coefficient (Wildman–Crippen LogP) is 1.71. The van der Waals surface area contributed by atoms with Crippen LogP contribution in [0.3, 0.4) is 0 Å². The van der Waals surface area contributed by atoms with E-state index in [2.05, 4.69) is 24.9 Å². The number of ether oxygens (including phenoxy) is 1. The Balaban J connectivity index is 3.97. The molecule has 0 aliphatic heterocycles. The first kappa shape index (κ1) is 14.3. The van der Waals surface area contributed by atoms with Crippen LogP contribution >= 0.6 is 0 Å². The minimum atomic E-state index is -0.455. The zero-order chi connectivity index (χ0) is 12.6. The molecule has 0 amide bonds. The summed E-state index contributed by atoms with van der Waals surface area (Å²) in [6.45, 7) is 11.9. The molecule has 0 aromatic rings. The molecule has 0 rings (SSSR count). The van der Waals surface area contributed by atoms with Gasteiger partial charge in [0, 0.05) is 12.0 Å². The maximum atomic E-state index is 11.1. The Bertz CT molecular complexity index is 307. The number of esters is 1. The van der Waals surface area contributed by atoms with Crippen LogP contribution < -0.4 is 0 Å². The van der Waals surface area contributed by atoms with E-state index >= 15 is 0 Å². The zero-order valence-electron chi connectivity index (χ0n) is 9.57. The molecule has 0 saturated carbocycles. The summed E-state index contributed by atoms with van der Waals surface area (Å²) in [6, 6.07) is -0.257. The van der Waals surface area contributed by atoms with E-state index in [1.165, 1.54) is 6.08 Å². The summed E-state index contributed by atoms with van der Waals surface area (Å²) < 4.78 is 4.91. The summed E-state index contributed by atoms with van der Waals surface area (Å²) >= 11 is 0. The van der Waals surface area contributed by atoms with Crippen LogP contribution in [0, 0.1) is 0 Å². The highest BCUT2D eigenvalue weighted by Crippen LogP contribution is 2.05. The van der Waals surface area contributed by atoms with E-state index in [-0.39, 0.29) is 18.4 Å². The number of hydrogen-bond donors (Lipinski definition) is 0. The Morgan fingerprint density at radius 2 is 2.12 bits per heavy atom. The highest BCUT2D eigenvalue weighted by atomic mass is 16.5. The number of carbonyl (C=O) groups excluding carboxylic acids is 2. The van der Waals surface area contributed by atoms with Gasteiger partial charge in [-0.05, 0) is 26.1 Å². The summed E-state index contributed by atoms with van der Waals surface area (Å²) in [4.78, 5) is 25.8. The lowest BCUT2D eigenvalue weighted by molar-refractivity contribution is -0.139. The lowest BCUT2D eigenvalue weighted by Gasteiger charge is -2.11. The second-order valence-corrected chi connectivity index (χ2v) is 3.42. The molecule has 0 heterocycles. The van der Waals surface area contributed by atoms with Crippen molar-refractivity contribution in [1.29, 1.82) is 0 Å². The molecular weight excluding hydrogens is 206 g/mol. The van der Waals surface area contributed by atoms with Crippen LogP contribution in [0.15, 0.2) is 29.8 Å². The van der Waals surface area contributed by atoms with Gasteiger partial charge in [0.1, 0.15) is 6.61 Å². The molecule has 0 saturated heterocycles. The number of hydrogen-bond acceptors (Lipinski definition) is 4. The number of aliphatic imine (C=N–C) groups is 1. The summed E-state index contributed by atoms with van der Waals surface area (Å²) in [7, 11) is 0. The molecule has 88 valence electrons. The SMILES string of the molecule is C=CC(=O)CCC(COC(=O)C(=C)C)N=C. The molecule has 0 fully saturated rings. The normalized spacial score (nSPS) is 11.3. The van der Waals surface area contributed by atoms with Crippen LogP contribution in [0.25, 0.3) is 0 Å². The van der Waals surface area contributed by atoms with Gasteiger partial charge in [0.05, 0.1) is 6.04 Å². The highest BCUT2D eigenvalue weighted by molar-refractivity contribution is 5.89. The van der Waals surface area contributed by atoms with E-state index in [0.29, 0.717) is 18.4 Å². The van der Waals surface area contributed by atoms with Crippen LogP contribution in [0.5, 0.6) is 0 Å². The smallest absolute Gasteiger partial charge is 0.333 e. The topological polar surface area (TPSA) is 55.7 Å². The summed E-state index contributed by atoms with van der Waals surface area (Å²) in [6.07, 6.45) is 2.09. The minimum absolute atomic E-state index is 0.0557. The van der Waals surface area contributed by atoms with Gasteiger partial charge < -0.3 is 4.74 Å². The van der Waals surface area contributed by atoms with Crippen LogP contribution in [0.4, 0.5) is 0 Å². The minimum Gasteiger partial charge on any atom is -0.460 e. The number of ketones is 1. The van der Waals surface area contributed by atoms with E-state index in [0.717, 1.165) is 0 Å². The predicted molar refractivity (Wildman–Crippen MR) is 63.5 cm³/mol. The van der Waals surface area contributed by atoms with Crippen molar-refractivity contribution in [2.75, 3.05) is 6.61 Å². The van der Waals surface area contributed by atoms with E-state index in [1.807, 2.05) is 0 Å². The van der Waals surface area contributed by atoms with Crippen molar-refractivity contribution >= 4 is 18.5 Å². The summed E-state index contributed by atoms with van der Waals surface area (Å²) in [5.41, 5.74) is 0.338. The first-order valence-electron chi connectivity index (χ1n) is 4.95. The number of carbonyl (C=O) groups is 2. The Hall–Kier alpha value is -1.71. The van der Waals surface area contributed by atoms with Crippen molar-refractivity contribution in [3.05, 3.63) is 24.8 Å². The van der Waals surface area contributed by atoms with Crippen LogP contribution in [0.1, 0.15) is 19.8 Å². The van der Waals surface area contributed by atoms with Gasteiger partial charge in [-0.3, -0.25) is 9.79 Å². The Kier molecular flexibility index (Phi) is 6.76. The van der Waals surface area contributed by atoms with Crippen molar-refractivity contribution in [1.82, 2.24) is 0 Å². The molecule has 1 atom stereocenters. The fourth-order valence-electron chi connectivity index (χ4n) is 0.933. The summed E-state index contributed by atoms with van der Waals surface area (Å²) in [5.74, 6) is -0.511. The second-order valence-electron chi connectivity index (χ2n) is 3.42. The molecule has 16 heavy (non-hydrogen) atoms. The average Bonchev–Trinajstić information content (AvgIpc) is 2.28. The molecule has 0 N–H and O–H groups in total. The van der Waals surface area contributed by atoms with Gasteiger partial charge in [-0.15, -0.1) is 0 Å². The molecule has 0 bridgehead atoms. The standard InChI is InChI=1S/C12H17NO3/c1-5-11(14)7-6-10(13-4)8-16-12(15)9(2)3/h5,10H,1-2,4,6-8H2,3H3. The van der Waals surface area contributed by atoms with Gasteiger partial charge in [0.25, 0.3) is 0 Å². The van der Waals surface area contributed by atoms with Crippen molar-refractivity contribution in [3.63, 3.8) is 0 Å². The van der Waals surface area contributed by atoms with E-state index < -0.39 is 5.97 Å². The molecule has 0 aliphatic carbocycles. The zero-order valence-corrected chi connectivity index (χ0v) is 9.57. The quantitative estimate of drug-likeness (QED) is 0.357. The molecule has 0 aliphatic rings. The van der Waals surface area contributed by atoms with Gasteiger partial charge in [-0.25, -0.2) is 4.79 Å². The molecule has 0 aromatic carbocycles. The first-order chi connectivity index (χ1) is 7.51. The number of rotatable bonds is 8. The Morgan fingerprint density at radius 3 is 2.56 bits per heavy atom. The first-order valence-corrected chi connectivity index (χ1v) is 4.95. The molecular formula is C12H17NO3. The van der Waals surface area contributed by atoms with Gasteiger partial charge in [-0.2, -0.15) is 0 Å². The Labute approximate surface area is 95.7 Å². The fraction of sp³-hybridized carbons (Fsp3) is 0.417. The van der Waals surface area contributed by atoms with Gasteiger partial charge in [0.2, 0.25) is 0 Å². The molecule has 4 heteroatoms. The molecule has 0 aromatic heterocycles. The average molecular weight is 223 g/mol. The monoisotopic (exact) mass is 223 g/mol. The third kappa shape index (κ3) is 5.90. The Morgan fingerprint density at radius 1 is 1.50 bits per heavy atom. The molecule has 0 radical (unpaired) electrons. The van der Waals surface area contributed by atoms with Crippen molar-refractivity contribution < 1.29 is 14.3 Å². The number of allylic oxidation sites excluding steroid dienone is 1. The van der Waals surface area contributed by atoms with Crippen LogP contribution in [0.2, 0.25) is 0 Å². The van der Waals surface area contributed by atoms with Crippen molar-refractivity contribution in [2.24, 2.45) is 4.99 Å². The molecule has 0 spiro atoms. The van der Waals surface area contributed by atoms with E-state index in [1.54, 1.807) is 6.92 Å². The summed E-state index contributed by atoms with van der Waals surface area (Å²) in [5, 5.41) is 0. The maximum absolute atomic E-state index is 11.1. The maximum Gasteiger partial charge on any atom is 0.333 e. The largest absolute Gasteiger partial charge is 0.460 e. The van der Waals surface area contributed by atoms with Crippen molar-refractivity contribution in [2.45, 2.75) is 25.8 Å². The van der Waals surface area contributed by atoms with E-state index in [9.17, 15) is 9.59 Å². The lowest BCUT2D eigenvalue weighted by Crippen LogP contribution is -2.18. The van der Waals surface area contributed by atoms with Gasteiger partial charge in [-0.1, -0.05) is 13.2 Å². The van der Waals surface area contributed by atoms with Crippen LogP contribution in [-0.2, 0) is 14.3 Å². The van der Waals surface area contributed by atoms with Gasteiger partial charge >= 0.3 is 5.97 Å². The second kappa shape index (κ2) is 7.56. The fourth-order valence-corrected chi connectivity index (χ4v) is 0.933. The van der Waals surface area contributed by atoms with Gasteiger partial charge in [0.15, 0.2) is 5.78 Å². The third-order valence-corrected chi connectivity index (χ3v) is 1.97. The highest BCUT2D eigenvalue weighted by Gasteiger charge is 2.11. The lowest BCUT2D eigenvalue weighted by atomic mass is 10.1. The molecule has 1 unspecified atom stereocenters. The number of nitrogens with zero attached hydrogens (tertiary/aromatic N) is 1. The van der Waals surface area contributed by atoms with Crippen LogP contribution in [-0.4, -0.2) is 31.1 Å². The van der Waals surface area contributed by atoms with Crippen molar-refractivity contribution in [3.8, 4) is 0 Å². The molecule has 4 nitrogen and oxygen atoms in total. The van der Waals surface area contributed by atoms with E-state index in [4.69, 9.17) is 4.74 Å². The third-order valence-electron chi connectivity index (χ3n) is 1.97.